The van der Waals surface area contributed by atoms with Gasteiger partial charge in [0.15, 0.2) is 0 Å². The van der Waals surface area contributed by atoms with Crippen molar-refractivity contribution < 1.29 is 14.7 Å². The molecule has 0 heterocycles. The quantitative estimate of drug-likeness (QED) is 0.527. The van der Waals surface area contributed by atoms with Crippen molar-refractivity contribution >= 4 is 27.7 Å². The summed E-state index contributed by atoms with van der Waals surface area (Å²) < 4.78 is 0. The Balaban J connectivity index is 0. The number of halogens is 1. The molecule has 10 heavy (non-hydrogen) atoms. The summed E-state index contributed by atoms with van der Waals surface area (Å²) in [5.74, 6) is -2.20. The van der Waals surface area contributed by atoms with E-state index in [1.807, 2.05) is 0 Å². The van der Waals surface area contributed by atoms with Gasteiger partial charge in [-0.3, -0.25) is 4.79 Å². The maximum Gasteiger partial charge on any atom is 0.371 e. The van der Waals surface area contributed by atoms with Crippen molar-refractivity contribution in [2.75, 3.05) is 0 Å². The number of rotatable bonds is 1. The molecule has 0 unspecified atom stereocenters. The first kappa shape index (κ1) is 12.3. The van der Waals surface area contributed by atoms with E-state index in [1.54, 1.807) is 0 Å². The maximum absolute atomic E-state index is 9.54. The van der Waals surface area contributed by atoms with Crippen LogP contribution in [0.2, 0.25) is 0 Å². The van der Waals surface area contributed by atoms with Crippen LogP contribution in [-0.2, 0) is 9.59 Å². The van der Waals surface area contributed by atoms with E-state index >= 15 is 0 Å². The first-order valence-electron chi connectivity index (χ1n) is 2.75. The van der Waals surface area contributed by atoms with Gasteiger partial charge in [0.05, 0.1) is 0 Å². The van der Waals surface area contributed by atoms with Gasteiger partial charge in [0.1, 0.15) is 0 Å². The first-order valence-corrected chi connectivity index (χ1v) is 3.67. The summed E-state index contributed by atoms with van der Waals surface area (Å²) in [5, 5.41) is 7.64. The molecule has 0 saturated carbocycles. The molecule has 0 aliphatic rings. The van der Waals surface area contributed by atoms with Crippen LogP contribution in [-0.4, -0.2) is 21.7 Å². The number of ketones is 1. The van der Waals surface area contributed by atoms with E-state index in [9.17, 15) is 9.59 Å². The minimum Gasteiger partial charge on any atom is -0.476 e. The van der Waals surface area contributed by atoms with Crippen LogP contribution in [0.5, 0.6) is 0 Å². The molecule has 0 fully saturated rings. The van der Waals surface area contributed by atoms with Gasteiger partial charge in [-0.05, 0) is 0 Å². The van der Waals surface area contributed by atoms with Crippen molar-refractivity contribution in [2.24, 2.45) is 0 Å². The lowest BCUT2D eigenvalue weighted by Crippen LogP contribution is -2.05. The van der Waals surface area contributed by atoms with Gasteiger partial charge in [0.25, 0.3) is 0 Å². The normalized spacial score (nSPS) is 8.10. The fourth-order valence-electron chi connectivity index (χ4n) is 0. The summed E-state index contributed by atoms with van der Waals surface area (Å²) >= 11 is 3.27. The molecule has 0 atom stereocenters. The molecule has 1 N–H and O–H groups in total. The highest BCUT2D eigenvalue weighted by molar-refractivity contribution is 9.09. The fourth-order valence-corrected chi connectivity index (χ4v) is 0. The van der Waals surface area contributed by atoms with Crippen molar-refractivity contribution in [1.29, 1.82) is 0 Å². The van der Waals surface area contributed by atoms with Gasteiger partial charge in [0, 0.05) is 11.8 Å². The zero-order chi connectivity index (χ0) is 8.73. The largest absolute Gasteiger partial charge is 0.476 e. The SMILES string of the molecule is CC(=O)C(=O)O.CC(C)Br. The van der Waals surface area contributed by atoms with Crippen LogP contribution in [0.25, 0.3) is 0 Å². The van der Waals surface area contributed by atoms with Crippen LogP contribution in [0.1, 0.15) is 20.8 Å². The summed E-state index contributed by atoms with van der Waals surface area (Å²) in [4.78, 5) is 19.5. The van der Waals surface area contributed by atoms with E-state index in [-0.39, 0.29) is 0 Å². The molecule has 0 aromatic heterocycles. The number of carboxylic acid groups (broad SMARTS) is 1. The van der Waals surface area contributed by atoms with Crippen molar-refractivity contribution in [3.05, 3.63) is 0 Å². The molecular weight excluding hydrogens is 200 g/mol. The molecule has 4 heteroatoms. The van der Waals surface area contributed by atoms with E-state index in [0.717, 1.165) is 6.92 Å². The summed E-state index contributed by atoms with van der Waals surface area (Å²) in [7, 11) is 0. The van der Waals surface area contributed by atoms with E-state index in [2.05, 4.69) is 29.8 Å². The summed E-state index contributed by atoms with van der Waals surface area (Å²) in [5.41, 5.74) is 0. The van der Waals surface area contributed by atoms with Crippen molar-refractivity contribution in [3.8, 4) is 0 Å². The standard InChI is InChI=1S/C3H7Br.C3H4O3/c1-3(2)4;1-2(4)3(5)6/h3H,1-2H3;1H3,(H,5,6). The molecule has 0 aromatic rings. The molecule has 0 rings (SSSR count). The zero-order valence-corrected chi connectivity index (χ0v) is 7.81. The van der Waals surface area contributed by atoms with Gasteiger partial charge < -0.3 is 5.11 Å². The predicted octanol–water partition coefficient (Wildman–Crippen LogP) is 1.45. The van der Waals surface area contributed by atoms with Gasteiger partial charge >= 0.3 is 5.97 Å². The van der Waals surface area contributed by atoms with Crippen LogP contribution in [0, 0.1) is 0 Å². The average Bonchev–Trinajstić information content (AvgIpc) is 1.63. The molecule has 60 valence electrons. The summed E-state index contributed by atoms with van der Waals surface area (Å²) in [6.45, 7) is 5.17. The number of hydrogen-bond acceptors (Lipinski definition) is 2. The van der Waals surface area contributed by atoms with Crippen molar-refractivity contribution in [2.45, 2.75) is 25.6 Å². The second-order valence-corrected chi connectivity index (χ2v) is 3.71. The third-order valence-corrected chi connectivity index (χ3v) is 0.301. The number of carbonyl (C=O) groups is 2. The lowest BCUT2D eigenvalue weighted by molar-refractivity contribution is -0.148. The fraction of sp³-hybridized carbons (Fsp3) is 0.667. The highest BCUT2D eigenvalue weighted by Gasteiger charge is 1.98. The average molecular weight is 211 g/mol. The third kappa shape index (κ3) is 25.5. The molecule has 0 saturated heterocycles. The number of hydrogen-bond donors (Lipinski definition) is 1. The van der Waals surface area contributed by atoms with Gasteiger partial charge in [-0.15, -0.1) is 0 Å². The van der Waals surface area contributed by atoms with Crippen LogP contribution < -0.4 is 0 Å². The minimum absolute atomic E-state index is 0.646. The van der Waals surface area contributed by atoms with Crippen molar-refractivity contribution in [1.82, 2.24) is 0 Å². The number of Topliss-reactive ketones (excluding diaryl/α,β-unsaturated/α-hetero) is 1. The Labute approximate surface area is 68.6 Å². The molecule has 0 spiro atoms. The molecule has 0 aliphatic carbocycles. The highest BCUT2D eigenvalue weighted by Crippen LogP contribution is 1.89. The predicted molar refractivity (Wildman–Crippen MR) is 42.4 cm³/mol. The van der Waals surface area contributed by atoms with E-state index < -0.39 is 11.8 Å². The number of carboxylic acids is 1. The Kier molecular flexibility index (Phi) is 8.29. The summed E-state index contributed by atoms with van der Waals surface area (Å²) in [6.07, 6.45) is 0. The molecule has 0 aromatic carbocycles. The molecule has 0 bridgehead atoms. The second kappa shape index (κ2) is 6.74. The monoisotopic (exact) mass is 210 g/mol. The van der Waals surface area contributed by atoms with Crippen LogP contribution in [0.15, 0.2) is 0 Å². The molecule has 0 aliphatic heterocycles. The minimum atomic E-state index is -1.38. The Hall–Kier alpha value is -0.380. The molecule has 0 amide bonds. The van der Waals surface area contributed by atoms with Gasteiger partial charge in [-0.2, -0.15) is 0 Å². The van der Waals surface area contributed by atoms with E-state index in [4.69, 9.17) is 5.11 Å². The smallest absolute Gasteiger partial charge is 0.371 e. The second-order valence-electron chi connectivity index (χ2n) is 1.88. The van der Waals surface area contributed by atoms with Crippen LogP contribution >= 0.6 is 15.9 Å². The number of aliphatic carboxylic acids is 1. The maximum atomic E-state index is 9.54. The zero-order valence-electron chi connectivity index (χ0n) is 6.22. The summed E-state index contributed by atoms with van der Waals surface area (Å²) in [6, 6.07) is 0. The van der Waals surface area contributed by atoms with Gasteiger partial charge in [-0.25, -0.2) is 4.79 Å². The van der Waals surface area contributed by atoms with E-state index in [1.165, 1.54) is 0 Å². The Bertz CT molecular complexity index is 105. The molecule has 3 nitrogen and oxygen atoms in total. The van der Waals surface area contributed by atoms with Gasteiger partial charge in [-0.1, -0.05) is 29.8 Å². The number of alkyl halides is 1. The van der Waals surface area contributed by atoms with Crippen LogP contribution in [0.3, 0.4) is 0 Å². The lowest BCUT2D eigenvalue weighted by Gasteiger charge is -1.76. The van der Waals surface area contributed by atoms with E-state index in [0.29, 0.717) is 4.83 Å². The third-order valence-electron chi connectivity index (χ3n) is 0.301. The number of carbonyl (C=O) groups excluding carboxylic acids is 1. The van der Waals surface area contributed by atoms with Crippen molar-refractivity contribution in [3.63, 3.8) is 0 Å². The Morgan fingerprint density at radius 2 is 1.50 bits per heavy atom. The van der Waals surface area contributed by atoms with Crippen LogP contribution in [0.4, 0.5) is 0 Å². The molecular formula is C6H11BrO3. The molecule has 0 radical (unpaired) electrons. The first-order chi connectivity index (χ1) is 4.37. The van der Waals surface area contributed by atoms with Gasteiger partial charge in [0.2, 0.25) is 5.78 Å². The Morgan fingerprint density at radius 3 is 1.50 bits per heavy atom. The lowest BCUT2D eigenvalue weighted by atomic mass is 10.5. The Morgan fingerprint density at radius 1 is 1.40 bits per heavy atom. The highest BCUT2D eigenvalue weighted by atomic mass is 79.9. The topological polar surface area (TPSA) is 54.4 Å².